The van der Waals surface area contributed by atoms with Crippen LogP contribution in [-0.4, -0.2) is 25.2 Å². The lowest BCUT2D eigenvalue weighted by molar-refractivity contribution is 0.443. The van der Waals surface area contributed by atoms with Gasteiger partial charge < -0.3 is 4.74 Å². The normalized spacial score (nSPS) is 19.3. The SMILES string of the molecule is C/C=C\C(=C/C)Oc1ccc(S(=O)(=O)CC2CS2)cc1. The lowest BCUT2D eigenvalue weighted by atomic mass is 10.3. The van der Waals surface area contributed by atoms with Crippen LogP contribution < -0.4 is 4.74 Å². The fourth-order valence-corrected chi connectivity index (χ4v) is 4.39. The highest BCUT2D eigenvalue weighted by molar-refractivity contribution is 8.08. The summed E-state index contributed by atoms with van der Waals surface area (Å²) < 4.78 is 29.8. The van der Waals surface area contributed by atoms with E-state index in [1.165, 1.54) is 0 Å². The van der Waals surface area contributed by atoms with Crippen molar-refractivity contribution in [3.8, 4) is 5.75 Å². The molecule has 0 bridgehead atoms. The van der Waals surface area contributed by atoms with Crippen LogP contribution in [0.5, 0.6) is 5.75 Å². The van der Waals surface area contributed by atoms with Crippen molar-refractivity contribution in [2.24, 2.45) is 0 Å². The van der Waals surface area contributed by atoms with Crippen LogP contribution in [0.15, 0.2) is 53.1 Å². The molecule has 0 aromatic heterocycles. The summed E-state index contributed by atoms with van der Waals surface area (Å²) in [6, 6.07) is 6.61. The highest BCUT2D eigenvalue weighted by atomic mass is 32.2. The second-order valence-electron chi connectivity index (χ2n) is 4.50. The maximum Gasteiger partial charge on any atom is 0.179 e. The maximum atomic E-state index is 12.1. The predicted molar refractivity (Wildman–Crippen MR) is 83.9 cm³/mol. The zero-order valence-corrected chi connectivity index (χ0v) is 13.2. The third-order valence-corrected chi connectivity index (χ3v) is 5.86. The van der Waals surface area contributed by atoms with Crippen LogP contribution in [0.4, 0.5) is 0 Å². The summed E-state index contributed by atoms with van der Waals surface area (Å²) >= 11 is 1.69. The molecular weight excluding hydrogens is 292 g/mol. The summed E-state index contributed by atoms with van der Waals surface area (Å²) in [4.78, 5) is 0.366. The number of ether oxygens (including phenoxy) is 1. The molecule has 0 amide bonds. The van der Waals surface area contributed by atoms with Gasteiger partial charge in [-0.15, -0.1) is 0 Å². The summed E-state index contributed by atoms with van der Waals surface area (Å²) in [5.41, 5.74) is 0. The van der Waals surface area contributed by atoms with Crippen molar-refractivity contribution in [1.82, 2.24) is 0 Å². The van der Waals surface area contributed by atoms with Crippen molar-refractivity contribution >= 4 is 21.6 Å². The summed E-state index contributed by atoms with van der Waals surface area (Å²) in [7, 11) is -3.16. The minimum atomic E-state index is -3.16. The quantitative estimate of drug-likeness (QED) is 0.459. The molecule has 0 radical (unpaired) electrons. The van der Waals surface area contributed by atoms with E-state index >= 15 is 0 Å². The van der Waals surface area contributed by atoms with Gasteiger partial charge >= 0.3 is 0 Å². The van der Waals surface area contributed by atoms with E-state index in [0.717, 1.165) is 11.5 Å². The first kappa shape index (κ1) is 15.2. The molecule has 1 atom stereocenters. The van der Waals surface area contributed by atoms with Gasteiger partial charge in [0.15, 0.2) is 9.84 Å². The van der Waals surface area contributed by atoms with E-state index in [1.54, 1.807) is 36.0 Å². The Morgan fingerprint density at radius 2 is 2.00 bits per heavy atom. The lowest BCUT2D eigenvalue weighted by Crippen LogP contribution is -2.10. The van der Waals surface area contributed by atoms with Crippen molar-refractivity contribution in [1.29, 1.82) is 0 Å². The topological polar surface area (TPSA) is 43.4 Å². The van der Waals surface area contributed by atoms with Crippen molar-refractivity contribution in [3.63, 3.8) is 0 Å². The van der Waals surface area contributed by atoms with Crippen molar-refractivity contribution < 1.29 is 13.2 Å². The molecule has 2 rings (SSSR count). The molecule has 5 heteroatoms. The average molecular weight is 310 g/mol. The molecule has 1 unspecified atom stereocenters. The van der Waals surface area contributed by atoms with Gasteiger partial charge in [-0.3, -0.25) is 0 Å². The van der Waals surface area contributed by atoms with Gasteiger partial charge in [-0.2, -0.15) is 11.8 Å². The second-order valence-corrected chi connectivity index (χ2v) is 7.87. The second kappa shape index (κ2) is 6.50. The first-order chi connectivity index (χ1) is 9.55. The fraction of sp³-hybridized carbons (Fsp3) is 0.333. The Balaban J connectivity index is 2.09. The summed E-state index contributed by atoms with van der Waals surface area (Å²) in [5.74, 6) is 2.55. The molecule has 1 fully saturated rings. The minimum absolute atomic E-state index is 0.233. The zero-order chi connectivity index (χ0) is 14.6. The number of hydrogen-bond donors (Lipinski definition) is 0. The number of benzene rings is 1. The van der Waals surface area contributed by atoms with E-state index in [1.807, 2.05) is 32.1 Å². The standard InChI is InChI=1S/C15H18O3S2/c1-3-5-12(4-2)18-13-6-8-15(9-7-13)20(16,17)11-14-10-19-14/h3-9,14H,10-11H2,1-2H3/b5-3-,12-4+. The number of rotatable bonds is 6. The van der Waals surface area contributed by atoms with Crippen LogP contribution in [-0.2, 0) is 9.84 Å². The molecule has 1 aromatic rings. The van der Waals surface area contributed by atoms with E-state index < -0.39 is 9.84 Å². The molecule has 1 saturated heterocycles. The first-order valence-corrected chi connectivity index (χ1v) is 9.16. The van der Waals surface area contributed by atoms with Crippen LogP contribution in [0.2, 0.25) is 0 Å². The van der Waals surface area contributed by atoms with E-state index in [9.17, 15) is 8.42 Å². The zero-order valence-electron chi connectivity index (χ0n) is 11.6. The lowest BCUT2D eigenvalue weighted by Gasteiger charge is -2.07. The Morgan fingerprint density at radius 3 is 2.50 bits per heavy atom. The molecule has 1 heterocycles. The molecule has 0 aliphatic carbocycles. The van der Waals surface area contributed by atoms with Gasteiger partial charge in [0.25, 0.3) is 0 Å². The Bertz CT molecular complexity index is 609. The van der Waals surface area contributed by atoms with Gasteiger partial charge in [0, 0.05) is 11.0 Å². The van der Waals surface area contributed by atoms with Gasteiger partial charge in [-0.05, 0) is 50.3 Å². The molecule has 1 aliphatic heterocycles. The van der Waals surface area contributed by atoms with Gasteiger partial charge in [0.05, 0.1) is 10.6 Å². The van der Waals surface area contributed by atoms with Crippen molar-refractivity contribution in [2.45, 2.75) is 24.0 Å². The Morgan fingerprint density at radius 1 is 1.35 bits per heavy atom. The molecule has 1 aromatic carbocycles. The average Bonchev–Trinajstić information content (AvgIpc) is 3.22. The number of thioether (sulfide) groups is 1. The molecule has 20 heavy (non-hydrogen) atoms. The summed E-state index contributed by atoms with van der Waals surface area (Å²) in [6.45, 7) is 3.81. The predicted octanol–water partition coefficient (Wildman–Crippen LogP) is 3.43. The number of sulfone groups is 1. The summed E-state index contributed by atoms with van der Waals surface area (Å²) in [5, 5.41) is 0.278. The summed E-state index contributed by atoms with van der Waals surface area (Å²) in [6.07, 6.45) is 5.60. The number of hydrogen-bond acceptors (Lipinski definition) is 4. The molecule has 0 N–H and O–H groups in total. The van der Waals surface area contributed by atoms with E-state index in [0.29, 0.717) is 10.6 Å². The molecule has 0 spiro atoms. The van der Waals surface area contributed by atoms with Gasteiger partial charge in [0.1, 0.15) is 11.5 Å². The molecule has 0 saturated carbocycles. The van der Waals surface area contributed by atoms with Crippen LogP contribution in [0, 0.1) is 0 Å². The fourth-order valence-electron chi connectivity index (χ4n) is 1.71. The smallest absolute Gasteiger partial charge is 0.179 e. The molecular formula is C15H18O3S2. The highest BCUT2D eigenvalue weighted by Crippen LogP contribution is 2.33. The van der Waals surface area contributed by atoms with Gasteiger partial charge in [0.2, 0.25) is 0 Å². The third-order valence-electron chi connectivity index (χ3n) is 2.84. The Labute approximate surface area is 124 Å². The van der Waals surface area contributed by atoms with Crippen LogP contribution in [0.25, 0.3) is 0 Å². The minimum Gasteiger partial charge on any atom is -0.458 e. The van der Waals surface area contributed by atoms with Crippen LogP contribution >= 0.6 is 11.8 Å². The first-order valence-electron chi connectivity index (χ1n) is 6.46. The molecule has 108 valence electrons. The third kappa shape index (κ3) is 4.15. The Hall–Kier alpha value is -1.20. The maximum absolute atomic E-state index is 12.1. The highest BCUT2D eigenvalue weighted by Gasteiger charge is 2.29. The molecule has 3 nitrogen and oxygen atoms in total. The van der Waals surface area contributed by atoms with Crippen molar-refractivity contribution in [3.05, 3.63) is 48.3 Å². The van der Waals surface area contributed by atoms with Crippen molar-refractivity contribution in [2.75, 3.05) is 11.5 Å². The largest absolute Gasteiger partial charge is 0.458 e. The monoisotopic (exact) mass is 310 g/mol. The number of allylic oxidation sites excluding steroid dienone is 3. The van der Waals surface area contributed by atoms with E-state index in [2.05, 4.69) is 0 Å². The molecule has 1 aliphatic rings. The van der Waals surface area contributed by atoms with Crippen LogP contribution in [0.3, 0.4) is 0 Å². The Kier molecular flexibility index (Phi) is 4.94. The van der Waals surface area contributed by atoms with Gasteiger partial charge in [-0.25, -0.2) is 8.42 Å². The van der Waals surface area contributed by atoms with E-state index in [-0.39, 0.29) is 11.0 Å². The van der Waals surface area contributed by atoms with E-state index in [4.69, 9.17) is 4.74 Å². The van der Waals surface area contributed by atoms with Crippen LogP contribution in [0.1, 0.15) is 13.8 Å². The van der Waals surface area contributed by atoms with Gasteiger partial charge in [-0.1, -0.05) is 6.08 Å².